The van der Waals surface area contributed by atoms with Gasteiger partial charge >= 0.3 is 8.25 Å². The van der Waals surface area contributed by atoms with Crippen molar-refractivity contribution in [2.24, 2.45) is 0 Å². The van der Waals surface area contributed by atoms with Crippen molar-refractivity contribution in [2.75, 3.05) is 13.2 Å². The van der Waals surface area contributed by atoms with E-state index in [1.807, 2.05) is 0 Å². The third kappa shape index (κ3) is 48.4. The van der Waals surface area contributed by atoms with Crippen LogP contribution >= 0.6 is 8.25 Å². The Morgan fingerprint density at radius 1 is 0.261 bits per heavy atom. The van der Waals surface area contributed by atoms with Crippen LogP contribution in [-0.2, 0) is 13.6 Å². The molecule has 3 nitrogen and oxygen atoms in total. The summed E-state index contributed by atoms with van der Waals surface area (Å²) < 4.78 is 22.4. The molecule has 0 aromatic carbocycles. The largest absolute Gasteiger partial charge is 0.697 e. The second kappa shape index (κ2) is 47.1. The van der Waals surface area contributed by atoms with E-state index < -0.39 is 8.25 Å². The molecule has 0 bridgehead atoms. The number of hydrogen-bond donors (Lipinski definition) is 0. The molecule has 0 fully saturated rings. The molecule has 0 aliphatic rings. The summed E-state index contributed by atoms with van der Waals surface area (Å²) in [4.78, 5) is 0. The van der Waals surface area contributed by atoms with Gasteiger partial charge < -0.3 is 0 Å². The van der Waals surface area contributed by atoms with Gasteiger partial charge in [-0.15, -0.1) is 9.05 Å². The predicted octanol–water partition coefficient (Wildman–Crippen LogP) is 16.8. The molecule has 278 valence electrons. The topological polar surface area (TPSA) is 35.5 Å². The first kappa shape index (κ1) is 48.1. The van der Waals surface area contributed by atoms with Gasteiger partial charge in [0.15, 0.2) is 0 Å². The molecule has 0 spiro atoms. The maximum Gasteiger partial charge on any atom is 0.697 e. The summed E-state index contributed by atoms with van der Waals surface area (Å²) in [7, 11) is -1.91. The van der Waals surface area contributed by atoms with Gasteiger partial charge in [-0.1, -0.05) is 246 Å². The van der Waals surface area contributed by atoms with Gasteiger partial charge in [0, 0.05) is 4.57 Å². The molecule has 0 unspecified atom stereocenters. The molecule has 0 aliphatic heterocycles. The zero-order chi connectivity index (χ0) is 33.9. The first-order chi connectivity index (χ1) is 22.7. The van der Waals surface area contributed by atoms with E-state index in [-0.39, 0.29) is 0 Å². The Balaban J connectivity index is 0. The molecule has 0 N–H and O–H groups in total. The Morgan fingerprint density at radius 2 is 0.413 bits per heavy atom. The highest BCUT2D eigenvalue weighted by Gasteiger charge is 2.18. The maximum atomic E-state index is 11.7. The number of rotatable bonds is 39. The van der Waals surface area contributed by atoms with Gasteiger partial charge in [-0.25, -0.2) is 0 Å². The Bertz CT molecular complexity index is 483. The summed E-state index contributed by atoms with van der Waals surface area (Å²) in [5.41, 5.74) is 0. The van der Waals surface area contributed by atoms with E-state index in [1.54, 1.807) is 0 Å². The van der Waals surface area contributed by atoms with Crippen molar-refractivity contribution >= 4 is 8.25 Å². The fourth-order valence-electron chi connectivity index (χ4n) is 6.12. The van der Waals surface area contributed by atoms with Gasteiger partial charge in [0.05, 0.1) is 0 Å². The molecule has 46 heavy (non-hydrogen) atoms. The van der Waals surface area contributed by atoms with Crippen molar-refractivity contribution in [1.29, 1.82) is 0 Å². The fourth-order valence-corrected chi connectivity index (χ4v) is 6.75. The Hall–Kier alpha value is 0.0200. The average molecular weight is 672 g/mol. The molecule has 0 atom stereocenters. The normalized spacial score (nSPS) is 11.1. The second-order valence-corrected chi connectivity index (χ2v) is 15.2. The van der Waals surface area contributed by atoms with Crippen LogP contribution in [0, 0.1) is 0 Å². The van der Waals surface area contributed by atoms with E-state index in [2.05, 4.69) is 27.7 Å². The summed E-state index contributed by atoms with van der Waals surface area (Å²) in [5.74, 6) is 0. The van der Waals surface area contributed by atoms with Crippen molar-refractivity contribution in [3.63, 3.8) is 0 Å². The molecule has 0 aromatic rings. The quantitative estimate of drug-likeness (QED) is 0.0482. The lowest BCUT2D eigenvalue weighted by molar-refractivity contribution is 0.218. The third-order valence-corrected chi connectivity index (χ3v) is 10.1. The maximum absolute atomic E-state index is 11.7. The summed E-state index contributed by atoms with van der Waals surface area (Å²) >= 11 is 0. The van der Waals surface area contributed by atoms with Gasteiger partial charge in [0.2, 0.25) is 0 Å². The van der Waals surface area contributed by atoms with E-state index in [9.17, 15) is 4.57 Å². The molecular weight excluding hydrogens is 583 g/mol. The lowest BCUT2D eigenvalue weighted by Crippen LogP contribution is -1.92. The minimum Gasteiger partial charge on any atom is -0.119 e. The van der Waals surface area contributed by atoms with Crippen LogP contribution in [0.5, 0.6) is 0 Å². The fraction of sp³-hybridized carbons (Fsp3) is 1.00. The number of hydrogen-bond acceptors (Lipinski definition) is 3. The zero-order valence-electron chi connectivity index (χ0n) is 32.5. The zero-order valence-corrected chi connectivity index (χ0v) is 33.4. The van der Waals surface area contributed by atoms with Gasteiger partial charge in [-0.05, 0) is 12.8 Å². The molecule has 0 amide bonds. The van der Waals surface area contributed by atoms with Crippen molar-refractivity contribution in [2.45, 2.75) is 259 Å². The molecule has 0 radical (unpaired) electrons. The molecule has 0 saturated carbocycles. The molecular formula is C42H88O3P+. The standard InChI is InChI=1S/C28H58O3P.C14H30/c1-3-5-7-9-11-13-15-17-19-21-23-25-27-30-32(29)31-28-26-24-22-20-18-16-14-12-10-8-6-4-2;1-3-5-7-9-11-13-14-12-10-8-6-4-2/h3-28H2,1-2H3;3-14H2,1-2H3/q+1;. The van der Waals surface area contributed by atoms with E-state index in [0.717, 1.165) is 12.8 Å². The highest BCUT2D eigenvalue weighted by Crippen LogP contribution is 2.25. The van der Waals surface area contributed by atoms with Gasteiger partial charge in [0.1, 0.15) is 13.2 Å². The minimum absolute atomic E-state index is 0.574. The van der Waals surface area contributed by atoms with Crippen LogP contribution in [-0.4, -0.2) is 13.2 Å². The molecule has 0 rings (SSSR count). The van der Waals surface area contributed by atoms with E-state index >= 15 is 0 Å². The Kier molecular flexibility index (Phi) is 49.3. The first-order valence-electron chi connectivity index (χ1n) is 21.5. The van der Waals surface area contributed by atoms with Crippen LogP contribution in [0.3, 0.4) is 0 Å². The van der Waals surface area contributed by atoms with Crippen LogP contribution in [0.1, 0.15) is 259 Å². The van der Waals surface area contributed by atoms with Crippen molar-refractivity contribution in [1.82, 2.24) is 0 Å². The average Bonchev–Trinajstić information content (AvgIpc) is 3.06. The minimum atomic E-state index is -1.91. The molecule has 0 aromatic heterocycles. The lowest BCUT2D eigenvalue weighted by Gasteiger charge is -2.02. The van der Waals surface area contributed by atoms with E-state index in [4.69, 9.17) is 9.05 Å². The summed E-state index contributed by atoms with van der Waals surface area (Å²) in [6, 6.07) is 0. The molecule has 0 saturated heterocycles. The van der Waals surface area contributed by atoms with Crippen LogP contribution in [0.2, 0.25) is 0 Å². The van der Waals surface area contributed by atoms with E-state index in [0.29, 0.717) is 13.2 Å². The van der Waals surface area contributed by atoms with Crippen LogP contribution in [0.25, 0.3) is 0 Å². The molecule has 4 heteroatoms. The SMILES string of the molecule is CCCCCCCCCCCCCC.CCCCCCCCCCCCCCO[P+](=O)OCCCCCCCCCCCCCC. The lowest BCUT2D eigenvalue weighted by atomic mass is 10.1. The Morgan fingerprint density at radius 3 is 0.587 bits per heavy atom. The van der Waals surface area contributed by atoms with Crippen LogP contribution in [0.4, 0.5) is 0 Å². The summed E-state index contributed by atoms with van der Waals surface area (Å²) in [5, 5.41) is 0. The second-order valence-electron chi connectivity index (χ2n) is 14.2. The highest BCUT2D eigenvalue weighted by molar-refractivity contribution is 7.33. The molecule has 0 heterocycles. The van der Waals surface area contributed by atoms with Gasteiger partial charge in [-0.3, -0.25) is 0 Å². The summed E-state index contributed by atoms with van der Waals surface area (Å²) in [6.45, 7) is 10.3. The third-order valence-electron chi connectivity index (χ3n) is 9.35. The van der Waals surface area contributed by atoms with Crippen molar-refractivity contribution < 1.29 is 13.6 Å². The van der Waals surface area contributed by atoms with Gasteiger partial charge in [0.25, 0.3) is 0 Å². The smallest absolute Gasteiger partial charge is 0.119 e. The number of unbranched alkanes of at least 4 members (excludes halogenated alkanes) is 33. The van der Waals surface area contributed by atoms with Crippen LogP contribution in [0.15, 0.2) is 0 Å². The van der Waals surface area contributed by atoms with Gasteiger partial charge in [-0.2, -0.15) is 0 Å². The van der Waals surface area contributed by atoms with Crippen molar-refractivity contribution in [3.8, 4) is 0 Å². The predicted molar refractivity (Wildman–Crippen MR) is 208 cm³/mol. The van der Waals surface area contributed by atoms with E-state index in [1.165, 1.54) is 218 Å². The van der Waals surface area contributed by atoms with Crippen LogP contribution < -0.4 is 0 Å². The molecule has 0 aliphatic carbocycles. The summed E-state index contributed by atoms with van der Waals surface area (Å²) in [6.07, 6.45) is 49.3. The Labute approximate surface area is 293 Å². The first-order valence-corrected chi connectivity index (χ1v) is 22.5. The highest BCUT2D eigenvalue weighted by atomic mass is 31.1. The monoisotopic (exact) mass is 672 g/mol. The van der Waals surface area contributed by atoms with Crippen molar-refractivity contribution in [3.05, 3.63) is 0 Å².